The number of hydrogen-bond donors (Lipinski definition) is 1. The summed E-state index contributed by atoms with van der Waals surface area (Å²) in [6.45, 7) is 5.63. The van der Waals surface area contributed by atoms with Gasteiger partial charge in [0.2, 0.25) is 10.0 Å². The van der Waals surface area contributed by atoms with Gasteiger partial charge in [-0.1, -0.05) is 61.4 Å². The molecule has 1 atom stereocenters. The second kappa shape index (κ2) is 11.1. The van der Waals surface area contributed by atoms with Gasteiger partial charge in [-0.3, -0.25) is 0 Å². The standard InChI is InChI=1S/C29H29NO6S/c1-4-5-9-22-18-26(31)36-28-20(3)25(17-16-24(22)28)35-29(32)27(21-10-7-6-8-11-21)30-37(33,34)23-14-12-19(2)13-15-23/h6-8,10-18,27,30H,4-5,9H2,1-3H3. The van der Waals surface area contributed by atoms with Crippen molar-refractivity contribution < 1.29 is 22.4 Å². The molecule has 0 radical (unpaired) electrons. The number of fused-ring (bicyclic) bond motifs is 1. The highest BCUT2D eigenvalue weighted by Gasteiger charge is 2.29. The van der Waals surface area contributed by atoms with Gasteiger partial charge in [0.05, 0.1) is 4.90 Å². The molecule has 0 saturated heterocycles. The Morgan fingerprint density at radius 2 is 1.70 bits per heavy atom. The van der Waals surface area contributed by atoms with E-state index in [1.165, 1.54) is 18.2 Å². The topological polar surface area (TPSA) is 103 Å². The highest BCUT2D eigenvalue weighted by Crippen LogP contribution is 2.30. The number of esters is 1. The summed E-state index contributed by atoms with van der Waals surface area (Å²) >= 11 is 0. The van der Waals surface area contributed by atoms with E-state index in [-0.39, 0.29) is 10.6 Å². The van der Waals surface area contributed by atoms with Crippen LogP contribution in [0.5, 0.6) is 5.75 Å². The van der Waals surface area contributed by atoms with Crippen molar-refractivity contribution in [2.24, 2.45) is 0 Å². The molecule has 0 amide bonds. The number of carbonyl (C=O) groups is 1. The van der Waals surface area contributed by atoms with Crippen LogP contribution >= 0.6 is 0 Å². The van der Waals surface area contributed by atoms with E-state index < -0.39 is 27.7 Å². The number of aryl methyl sites for hydroxylation is 3. The zero-order valence-electron chi connectivity index (χ0n) is 21.0. The highest BCUT2D eigenvalue weighted by molar-refractivity contribution is 7.89. The zero-order valence-corrected chi connectivity index (χ0v) is 21.8. The maximum Gasteiger partial charge on any atom is 0.336 e. The number of benzene rings is 3. The molecular weight excluding hydrogens is 490 g/mol. The Labute approximate surface area is 216 Å². The number of carbonyl (C=O) groups excluding carboxylic acids is 1. The van der Waals surface area contributed by atoms with Crippen LogP contribution in [0.15, 0.2) is 86.9 Å². The molecule has 4 rings (SSSR count). The molecule has 0 aliphatic carbocycles. The molecule has 1 N–H and O–H groups in total. The normalized spacial score (nSPS) is 12.4. The summed E-state index contributed by atoms with van der Waals surface area (Å²) in [5, 5.41) is 0.782. The second-order valence-corrected chi connectivity index (χ2v) is 10.7. The first-order chi connectivity index (χ1) is 17.7. The average Bonchev–Trinajstić information content (AvgIpc) is 2.88. The van der Waals surface area contributed by atoms with Crippen LogP contribution in [0.3, 0.4) is 0 Å². The molecule has 7 nitrogen and oxygen atoms in total. The SMILES string of the molecule is CCCCc1cc(=O)oc2c(C)c(OC(=O)C(NS(=O)(=O)c3ccc(C)cc3)c3ccccc3)ccc12. The van der Waals surface area contributed by atoms with Crippen molar-refractivity contribution in [3.63, 3.8) is 0 Å². The lowest BCUT2D eigenvalue weighted by Crippen LogP contribution is -2.36. The van der Waals surface area contributed by atoms with E-state index >= 15 is 0 Å². The summed E-state index contributed by atoms with van der Waals surface area (Å²) in [4.78, 5) is 25.6. The summed E-state index contributed by atoms with van der Waals surface area (Å²) in [6.07, 6.45) is 2.64. The molecule has 37 heavy (non-hydrogen) atoms. The quantitative estimate of drug-likeness (QED) is 0.181. The first-order valence-corrected chi connectivity index (χ1v) is 13.6. The Hall–Kier alpha value is -3.75. The minimum atomic E-state index is -4.04. The van der Waals surface area contributed by atoms with Crippen molar-refractivity contribution in [3.8, 4) is 5.75 Å². The van der Waals surface area contributed by atoms with Crippen molar-refractivity contribution >= 4 is 27.0 Å². The molecule has 0 aliphatic rings. The summed E-state index contributed by atoms with van der Waals surface area (Å²) in [5.74, 6) is -0.627. The first kappa shape index (κ1) is 26.3. The largest absolute Gasteiger partial charge is 0.425 e. The van der Waals surface area contributed by atoms with Crippen LogP contribution in [-0.2, 0) is 21.2 Å². The van der Waals surface area contributed by atoms with E-state index in [0.29, 0.717) is 16.7 Å². The number of nitrogens with one attached hydrogen (secondary N) is 1. The molecule has 1 aromatic heterocycles. The van der Waals surface area contributed by atoms with Crippen molar-refractivity contribution in [1.82, 2.24) is 4.72 Å². The molecular formula is C29H29NO6S. The van der Waals surface area contributed by atoms with Crippen LogP contribution in [0.1, 0.15) is 48.1 Å². The molecule has 8 heteroatoms. The third kappa shape index (κ3) is 5.98. The summed E-state index contributed by atoms with van der Waals surface area (Å²) in [6, 6.07) is 18.4. The fourth-order valence-corrected chi connectivity index (χ4v) is 5.27. The number of sulfonamides is 1. The van der Waals surface area contributed by atoms with Crippen molar-refractivity contribution in [2.45, 2.75) is 51.0 Å². The molecule has 0 bridgehead atoms. The highest BCUT2D eigenvalue weighted by atomic mass is 32.2. The van der Waals surface area contributed by atoms with E-state index in [1.807, 2.05) is 6.92 Å². The lowest BCUT2D eigenvalue weighted by atomic mass is 10.0. The zero-order chi connectivity index (χ0) is 26.6. The Bertz CT molecular complexity index is 1580. The van der Waals surface area contributed by atoms with Crippen LogP contribution in [0.2, 0.25) is 0 Å². The summed E-state index contributed by atoms with van der Waals surface area (Å²) in [7, 11) is -4.04. The van der Waals surface area contributed by atoms with Gasteiger partial charge in [-0.2, -0.15) is 4.72 Å². The molecule has 3 aromatic carbocycles. The molecule has 0 spiro atoms. The van der Waals surface area contributed by atoms with E-state index in [4.69, 9.17) is 9.15 Å². The van der Waals surface area contributed by atoms with E-state index in [9.17, 15) is 18.0 Å². The minimum absolute atomic E-state index is 0.0371. The third-order valence-corrected chi connectivity index (χ3v) is 7.62. The predicted octanol–water partition coefficient (Wildman–Crippen LogP) is 5.38. The van der Waals surface area contributed by atoms with Gasteiger partial charge < -0.3 is 9.15 Å². The molecule has 0 saturated carbocycles. The number of unbranched alkanes of at least 4 members (excludes halogenated alkanes) is 1. The number of hydrogen-bond acceptors (Lipinski definition) is 6. The van der Waals surface area contributed by atoms with Gasteiger partial charge in [-0.25, -0.2) is 18.0 Å². The van der Waals surface area contributed by atoms with Crippen LogP contribution in [0, 0.1) is 13.8 Å². The van der Waals surface area contributed by atoms with Gasteiger partial charge in [0.1, 0.15) is 17.4 Å². The molecule has 0 fully saturated rings. The van der Waals surface area contributed by atoms with Crippen LogP contribution in [-0.4, -0.2) is 14.4 Å². The van der Waals surface area contributed by atoms with Gasteiger partial charge >= 0.3 is 11.6 Å². The van der Waals surface area contributed by atoms with Crippen molar-refractivity contribution in [1.29, 1.82) is 0 Å². The lowest BCUT2D eigenvalue weighted by Gasteiger charge is -2.19. The smallest absolute Gasteiger partial charge is 0.336 e. The lowest BCUT2D eigenvalue weighted by molar-refractivity contribution is -0.136. The number of ether oxygens (including phenoxy) is 1. The molecule has 1 heterocycles. The second-order valence-electron chi connectivity index (χ2n) is 8.96. The van der Waals surface area contributed by atoms with Gasteiger partial charge in [0, 0.05) is 17.0 Å². The van der Waals surface area contributed by atoms with Gasteiger partial charge in [-0.05, 0) is 62.1 Å². The molecule has 192 valence electrons. The van der Waals surface area contributed by atoms with Gasteiger partial charge in [-0.15, -0.1) is 0 Å². The molecule has 4 aromatic rings. The first-order valence-electron chi connectivity index (χ1n) is 12.1. The Balaban J connectivity index is 1.69. The maximum atomic E-state index is 13.4. The van der Waals surface area contributed by atoms with Crippen molar-refractivity contribution in [2.75, 3.05) is 0 Å². The summed E-state index contributed by atoms with van der Waals surface area (Å²) < 4.78 is 39.9. The van der Waals surface area contributed by atoms with Crippen LogP contribution in [0.4, 0.5) is 0 Å². The maximum absolute atomic E-state index is 13.4. The van der Waals surface area contributed by atoms with E-state index in [1.54, 1.807) is 61.5 Å². The minimum Gasteiger partial charge on any atom is -0.425 e. The van der Waals surface area contributed by atoms with E-state index in [0.717, 1.165) is 35.8 Å². The average molecular weight is 520 g/mol. The van der Waals surface area contributed by atoms with E-state index in [2.05, 4.69) is 11.6 Å². The van der Waals surface area contributed by atoms with Crippen LogP contribution in [0.25, 0.3) is 11.0 Å². The van der Waals surface area contributed by atoms with Crippen molar-refractivity contribution in [3.05, 3.63) is 105 Å². The number of rotatable bonds is 9. The van der Waals surface area contributed by atoms with Crippen LogP contribution < -0.4 is 15.1 Å². The monoisotopic (exact) mass is 519 g/mol. The fraction of sp³-hybridized carbons (Fsp3) is 0.241. The predicted molar refractivity (Wildman–Crippen MR) is 142 cm³/mol. The summed E-state index contributed by atoms with van der Waals surface area (Å²) in [5.41, 5.74) is 2.57. The molecule has 0 aliphatic heterocycles. The molecule has 1 unspecified atom stereocenters. The fourth-order valence-electron chi connectivity index (χ4n) is 4.10. The third-order valence-electron chi connectivity index (χ3n) is 6.18. The van der Waals surface area contributed by atoms with Gasteiger partial charge in [0.25, 0.3) is 0 Å². The Morgan fingerprint density at radius 3 is 2.38 bits per heavy atom. The Morgan fingerprint density at radius 1 is 1.00 bits per heavy atom. The van der Waals surface area contributed by atoms with Gasteiger partial charge in [0.15, 0.2) is 0 Å². The Kier molecular flexibility index (Phi) is 7.90.